The molecule has 2 amide bonds. The molecule has 0 unspecified atom stereocenters. The van der Waals surface area contributed by atoms with Crippen LogP contribution in [0.25, 0.3) is 0 Å². The Hall–Kier alpha value is -2.22. The van der Waals surface area contributed by atoms with Gasteiger partial charge in [0.25, 0.3) is 0 Å². The van der Waals surface area contributed by atoms with Crippen molar-refractivity contribution in [3.63, 3.8) is 0 Å². The number of hydrogen-bond acceptors (Lipinski definition) is 3. The Morgan fingerprint density at radius 2 is 2.00 bits per heavy atom. The number of nitriles is 1. The number of nitrogens with zero attached hydrogens (tertiary/aromatic N) is 2. The van der Waals surface area contributed by atoms with Crippen molar-refractivity contribution < 1.29 is 9.63 Å². The van der Waals surface area contributed by atoms with E-state index in [2.05, 4.69) is 5.48 Å². The smallest absolute Gasteiger partial charge is 0.350 e. The lowest BCUT2D eigenvalue weighted by Gasteiger charge is -2.20. The number of likely N-dealkylation sites (tertiary alicyclic amines) is 1. The van der Waals surface area contributed by atoms with Gasteiger partial charge in [-0.1, -0.05) is 18.9 Å². The highest BCUT2D eigenvalue weighted by Crippen LogP contribution is 2.12. The number of hydroxylamine groups is 1. The van der Waals surface area contributed by atoms with Crippen molar-refractivity contribution >= 4 is 6.03 Å². The van der Waals surface area contributed by atoms with E-state index in [4.69, 9.17) is 10.1 Å². The summed E-state index contributed by atoms with van der Waals surface area (Å²) in [5.74, 6) is 0.460. The largest absolute Gasteiger partial charge is 0.378 e. The lowest BCUT2D eigenvalue weighted by molar-refractivity contribution is 0.144. The van der Waals surface area contributed by atoms with Crippen molar-refractivity contribution in [2.24, 2.45) is 0 Å². The lowest BCUT2D eigenvalue weighted by Crippen LogP contribution is -2.41. The molecule has 0 bridgehead atoms. The van der Waals surface area contributed by atoms with E-state index in [1.165, 1.54) is 12.8 Å². The molecule has 1 aliphatic heterocycles. The third-order valence-corrected chi connectivity index (χ3v) is 3.11. The molecule has 1 aromatic rings. The van der Waals surface area contributed by atoms with Crippen molar-refractivity contribution in [2.75, 3.05) is 13.1 Å². The SMILES string of the molecule is N#Cc1cccc(ONC(=O)N2CCCCCC2)c1. The van der Waals surface area contributed by atoms with E-state index < -0.39 is 0 Å². The van der Waals surface area contributed by atoms with Crippen LogP contribution >= 0.6 is 0 Å². The van der Waals surface area contributed by atoms with E-state index in [1.807, 2.05) is 6.07 Å². The summed E-state index contributed by atoms with van der Waals surface area (Å²) in [5, 5.41) is 8.77. The monoisotopic (exact) mass is 259 g/mol. The second kappa shape index (κ2) is 6.64. The summed E-state index contributed by atoms with van der Waals surface area (Å²) in [4.78, 5) is 18.9. The highest BCUT2D eigenvalue weighted by Gasteiger charge is 2.15. The molecule has 2 rings (SSSR count). The molecule has 100 valence electrons. The summed E-state index contributed by atoms with van der Waals surface area (Å²) in [6.45, 7) is 1.54. The third kappa shape index (κ3) is 3.88. The summed E-state index contributed by atoms with van der Waals surface area (Å²) >= 11 is 0. The lowest BCUT2D eigenvalue weighted by atomic mass is 10.2. The van der Waals surface area contributed by atoms with E-state index >= 15 is 0 Å². The van der Waals surface area contributed by atoms with Gasteiger partial charge in [0.05, 0.1) is 11.6 Å². The van der Waals surface area contributed by atoms with Gasteiger partial charge in [0.15, 0.2) is 5.75 Å². The van der Waals surface area contributed by atoms with E-state index in [1.54, 1.807) is 29.2 Å². The topological polar surface area (TPSA) is 65.4 Å². The fraction of sp³-hybridized carbons (Fsp3) is 0.429. The molecule has 1 heterocycles. The van der Waals surface area contributed by atoms with Crippen LogP contribution in [0.1, 0.15) is 31.2 Å². The highest BCUT2D eigenvalue weighted by molar-refractivity contribution is 5.73. The molecule has 0 spiro atoms. The first kappa shape index (κ1) is 13.2. The standard InChI is InChI=1S/C14H17N3O2/c15-11-12-6-5-7-13(10-12)19-16-14(18)17-8-3-1-2-4-9-17/h5-7,10H,1-4,8-9H2,(H,16,18). The Bertz CT molecular complexity index is 474. The van der Waals surface area contributed by atoms with Crippen LogP contribution in [0.5, 0.6) is 5.75 Å². The van der Waals surface area contributed by atoms with Crippen LogP contribution in [-0.2, 0) is 0 Å². The maximum absolute atomic E-state index is 11.9. The predicted molar refractivity (Wildman–Crippen MR) is 70.4 cm³/mol. The van der Waals surface area contributed by atoms with E-state index in [9.17, 15) is 4.79 Å². The van der Waals surface area contributed by atoms with Crippen LogP contribution in [0.4, 0.5) is 4.79 Å². The Balaban J connectivity index is 1.87. The number of carbonyl (C=O) groups excluding carboxylic acids is 1. The fourth-order valence-corrected chi connectivity index (χ4v) is 2.07. The molecule has 1 saturated heterocycles. The summed E-state index contributed by atoms with van der Waals surface area (Å²) < 4.78 is 0. The van der Waals surface area contributed by atoms with Gasteiger partial charge < -0.3 is 9.74 Å². The highest BCUT2D eigenvalue weighted by atomic mass is 16.7. The minimum absolute atomic E-state index is 0.218. The van der Waals surface area contributed by atoms with Crippen LogP contribution in [-0.4, -0.2) is 24.0 Å². The zero-order chi connectivity index (χ0) is 13.5. The number of carbonyl (C=O) groups is 1. The summed E-state index contributed by atoms with van der Waals surface area (Å²) in [7, 11) is 0. The maximum Gasteiger partial charge on any atom is 0.350 e. The molecule has 0 aliphatic carbocycles. The molecule has 0 radical (unpaired) electrons. The minimum Gasteiger partial charge on any atom is -0.378 e. The molecule has 19 heavy (non-hydrogen) atoms. The van der Waals surface area contributed by atoms with Gasteiger partial charge in [-0.3, -0.25) is 0 Å². The maximum atomic E-state index is 11.9. The van der Waals surface area contributed by atoms with E-state index in [0.29, 0.717) is 11.3 Å². The molecule has 0 atom stereocenters. The molecular formula is C14H17N3O2. The number of nitrogens with one attached hydrogen (secondary N) is 1. The van der Waals surface area contributed by atoms with Gasteiger partial charge in [0.2, 0.25) is 0 Å². The summed E-state index contributed by atoms with van der Waals surface area (Å²) in [5.41, 5.74) is 2.93. The molecule has 1 N–H and O–H groups in total. The zero-order valence-electron chi connectivity index (χ0n) is 10.8. The van der Waals surface area contributed by atoms with Crippen LogP contribution in [0.15, 0.2) is 24.3 Å². The Kier molecular flexibility index (Phi) is 4.62. The van der Waals surface area contributed by atoms with Crippen molar-refractivity contribution in [3.05, 3.63) is 29.8 Å². The van der Waals surface area contributed by atoms with Gasteiger partial charge in [0, 0.05) is 19.2 Å². The summed E-state index contributed by atoms with van der Waals surface area (Å²) in [6, 6.07) is 8.49. The third-order valence-electron chi connectivity index (χ3n) is 3.11. The molecule has 5 heteroatoms. The Labute approximate surface area is 112 Å². The van der Waals surface area contributed by atoms with Crippen LogP contribution < -0.4 is 10.3 Å². The first-order valence-electron chi connectivity index (χ1n) is 6.51. The van der Waals surface area contributed by atoms with Gasteiger partial charge in [-0.25, -0.2) is 4.79 Å². The molecule has 0 aromatic heterocycles. The number of urea groups is 1. The fourth-order valence-electron chi connectivity index (χ4n) is 2.07. The van der Waals surface area contributed by atoms with Crippen molar-refractivity contribution in [2.45, 2.75) is 25.7 Å². The van der Waals surface area contributed by atoms with Crippen molar-refractivity contribution in [3.8, 4) is 11.8 Å². The van der Waals surface area contributed by atoms with Crippen molar-refractivity contribution in [1.82, 2.24) is 10.4 Å². The second-order valence-electron chi connectivity index (χ2n) is 4.55. The number of rotatable bonds is 2. The van der Waals surface area contributed by atoms with E-state index in [-0.39, 0.29) is 6.03 Å². The minimum atomic E-state index is -0.218. The first-order chi connectivity index (χ1) is 9.29. The zero-order valence-corrected chi connectivity index (χ0v) is 10.8. The Morgan fingerprint density at radius 1 is 1.26 bits per heavy atom. The van der Waals surface area contributed by atoms with Crippen LogP contribution in [0, 0.1) is 11.3 Å². The van der Waals surface area contributed by atoms with E-state index in [0.717, 1.165) is 25.9 Å². The average molecular weight is 259 g/mol. The second-order valence-corrected chi connectivity index (χ2v) is 4.55. The molecule has 5 nitrogen and oxygen atoms in total. The molecular weight excluding hydrogens is 242 g/mol. The van der Waals surface area contributed by atoms with Gasteiger partial charge >= 0.3 is 6.03 Å². The number of hydrogen-bond donors (Lipinski definition) is 1. The number of amides is 2. The quantitative estimate of drug-likeness (QED) is 0.829. The van der Waals surface area contributed by atoms with Gasteiger partial charge in [-0.2, -0.15) is 10.7 Å². The average Bonchev–Trinajstić information content (AvgIpc) is 2.74. The molecule has 1 aliphatic rings. The van der Waals surface area contributed by atoms with Crippen LogP contribution in [0.2, 0.25) is 0 Å². The molecule has 0 saturated carbocycles. The van der Waals surface area contributed by atoms with Gasteiger partial charge in [-0.15, -0.1) is 0 Å². The first-order valence-corrected chi connectivity index (χ1v) is 6.51. The van der Waals surface area contributed by atoms with Crippen LogP contribution in [0.3, 0.4) is 0 Å². The number of benzene rings is 1. The van der Waals surface area contributed by atoms with Crippen molar-refractivity contribution in [1.29, 1.82) is 5.26 Å². The van der Waals surface area contributed by atoms with Gasteiger partial charge in [0.1, 0.15) is 0 Å². The summed E-state index contributed by atoms with van der Waals surface area (Å²) in [6.07, 6.45) is 4.43. The van der Waals surface area contributed by atoms with Gasteiger partial charge in [-0.05, 0) is 25.0 Å². The molecule has 1 aromatic carbocycles. The normalized spacial score (nSPS) is 15.2. The molecule has 1 fully saturated rings. The predicted octanol–water partition coefficient (Wildman–Crippen LogP) is 2.44. The Morgan fingerprint density at radius 3 is 2.68 bits per heavy atom.